The summed E-state index contributed by atoms with van der Waals surface area (Å²) >= 11 is 0. The molecule has 1 saturated heterocycles. The number of hydrogen-bond acceptors (Lipinski definition) is 4. The Labute approximate surface area is 174 Å². The molecular weight excluding hydrogens is 362 g/mol. The molecule has 0 bridgehead atoms. The van der Waals surface area contributed by atoms with Gasteiger partial charge in [-0.1, -0.05) is 42.8 Å². The van der Waals surface area contributed by atoms with E-state index in [2.05, 4.69) is 46.3 Å². The average Bonchev–Trinajstić information content (AvgIpc) is 2.69. The number of nitrogens with zero attached hydrogens (tertiary/aromatic N) is 3. The van der Waals surface area contributed by atoms with Gasteiger partial charge in [-0.15, -0.1) is 0 Å². The summed E-state index contributed by atoms with van der Waals surface area (Å²) in [6.45, 7) is 10.1. The van der Waals surface area contributed by atoms with Crippen LogP contribution in [0.25, 0.3) is 0 Å². The highest BCUT2D eigenvalue weighted by atomic mass is 16.6. The average molecular weight is 396 g/mol. The predicted octanol–water partition coefficient (Wildman–Crippen LogP) is 5.57. The zero-order chi connectivity index (χ0) is 20.9. The van der Waals surface area contributed by atoms with Crippen LogP contribution < -0.4 is 4.90 Å². The van der Waals surface area contributed by atoms with E-state index in [-0.39, 0.29) is 12.1 Å². The molecule has 0 spiro atoms. The molecule has 0 aliphatic carbocycles. The summed E-state index contributed by atoms with van der Waals surface area (Å²) in [7, 11) is 0. The van der Waals surface area contributed by atoms with Gasteiger partial charge in [-0.05, 0) is 58.7 Å². The molecule has 1 aromatic heterocycles. The summed E-state index contributed by atoms with van der Waals surface area (Å²) < 4.78 is 5.64. The number of carbonyl (C=O) groups excluding carboxylic acids is 1. The first-order valence-electron chi connectivity index (χ1n) is 10.6. The minimum Gasteiger partial charge on any atom is -0.443 e. The number of hydrogen-bond donors (Lipinski definition) is 0. The first-order valence-corrected chi connectivity index (χ1v) is 10.6. The van der Waals surface area contributed by atoms with Gasteiger partial charge < -0.3 is 4.74 Å². The van der Waals surface area contributed by atoms with Crippen LogP contribution in [-0.4, -0.2) is 34.7 Å². The number of amides is 1. The first kappa shape index (κ1) is 21.3. The quantitative estimate of drug-likeness (QED) is 0.664. The van der Waals surface area contributed by atoms with Crippen LogP contribution in [0.15, 0.2) is 48.7 Å². The zero-order valence-electron chi connectivity index (χ0n) is 18.1. The smallest absolute Gasteiger partial charge is 0.415 e. The molecule has 5 heteroatoms. The van der Waals surface area contributed by atoms with E-state index < -0.39 is 5.60 Å². The van der Waals surface area contributed by atoms with Crippen molar-refractivity contribution in [2.24, 2.45) is 0 Å². The normalized spacial score (nSPS) is 17.7. The molecule has 156 valence electrons. The van der Waals surface area contributed by atoms with Gasteiger partial charge in [-0.2, -0.15) is 0 Å². The molecule has 1 aliphatic heterocycles. The van der Waals surface area contributed by atoms with E-state index in [0.29, 0.717) is 12.4 Å². The fourth-order valence-electron chi connectivity index (χ4n) is 3.93. The third-order valence-corrected chi connectivity index (χ3v) is 5.20. The largest absolute Gasteiger partial charge is 0.443 e. The highest BCUT2D eigenvalue weighted by Crippen LogP contribution is 2.36. The van der Waals surface area contributed by atoms with Crippen molar-refractivity contribution in [1.29, 1.82) is 0 Å². The lowest BCUT2D eigenvalue weighted by Crippen LogP contribution is -2.39. The number of aromatic nitrogens is 1. The monoisotopic (exact) mass is 395 g/mol. The van der Waals surface area contributed by atoms with Crippen molar-refractivity contribution in [3.63, 3.8) is 0 Å². The standard InChI is InChI=1S/C24H33N3O2/c1-5-27(23(28)29-24(2,3)4)22-20(14-11-16-25-22)21-15-9-10-17-26(21)18-19-12-7-6-8-13-19/h6-8,11-14,16,21H,5,9-10,15,17-18H2,1-4H3/t21-/m0/s1. The number of piperidine rings is 1. The van der Waals surface area contributed by atoms with Crippen molar-refractivity contribution in [1.82, 2.24) is 9.88 Å². The zero-order valence-corrected chi connectivity index (χ0v) is 18.1. The molecule has 2 aromatic rings. The number of benzene rings is 1. The maximum atomic E-state index is 12.8. The Kier molecular flexibility index (Phi) is 6.91. The molecule has 3 rings (SSSR count). The summed E-state index contributed by atoms with van der Waals surface area (Å²) in [5.41, 5.74) is 1.88. The van der Waals surface area contributed by atoms with Crippen LogP contribution in [0.2, 0.25) is 0 Å². The number of pyridine rings is 1. The van der Waals surface area contributed by atoms with E-state index in [1.165, 1.54) is 18.4 Å². The highest BCUT2D eigenvalue weighted by molar-refractivity contribution is 5.87. The van der Waals surface area contributed by atoms with Crippen molar-refractivity contribution in [3.8, 4) is 0 Å². The van der Waals surface area contributed by atoms with Gasteiger partial charge in [0.15, 0.2) is 0 Å². The van der Waals surface area contributed by atoms with Crippen LogP contribution >= 0.6 is 0 Å². The molecule has 0 N–H and O–H groups in total. The summed E-state index contributed by atoms with van der Waals surface area (Å²) in [5.74, 6) is 0.717. The second kappa shape index (κ2) is 9.40. The topological polar surface area (TPSA) is 45.7 Å². The molecule has 1 fully saturated rings. The molecule has 1 aliphatic rings. The van der Waals surface area contributed by atoms with Crippen LogP contribution in [0, 0.1) is 0 Å². The molecule has 1 amide bonds. The van der Waals surface area contributed by atoms with Crippen molar-refractivity contribution in [3.05, 3.63) is 59.8 Å². The molecule has 29 heavy (non-hydrogen) atoms. The van der Waals surface area contributed by atoms with Gasteiger partial charge >= 0.3 is 6.09 Å². The van der Waals surface area contributed by atoms with Gasteiger partial charge in [-0.3, -0.25) is 9.80 Å². The number of rotatable bonds is 5. The third kappa shape index (κ3) is 5.57. The van der Waals surface area contributed by atoms with Crippen molar-refractivity contribution in [2.45, 2.75) is 65.1 Å². The molecule has 0 unspecified atom stereocenters. The van der Waals surface area contributed by atoms with Gasteiger partial charge in [0, 0.05) is 30.9 Å². The second-order valence-electron chi connectivity index (χ2n) is 8.61. The molecular formula is C24H33N3O2. The second-order valence-corrected chi connectivity index (χ2v) is 8.61. The van der Waals surface area contributed by atoms with Crippen molar-refractivity contribution in [2.75, 3.05) is 18.0 Å². The Bertz CT molecular complexity index is 801. The van der Waals surface area contributed by atoms with Crippen LogP contribution in [0.4, 0.5) is 10.6 Å². The summed E-state index contributed by atoms with van der Waals surface area (Å²) in [6.07, 6.45) is 4.87. The van der Waals surface area contributed by atoms with Gasteiger partial charge in [0.1, 0.15) is 11.4 Å². The lowest BCUT2D eigenvalue weighted by atomic mass is 9.94. The van der Waals surface area contributed by atoms with E-state index in [9.17, 15) is 4.79 Å². The van der Waals surface area contributed by atoms with E-state index in [4.69, 9.17) is 4.74 Å². The molecule has 5 nitrogen and oxygen atoms in total. The summed E-state index contributed by atoms with van der Waals surface area (Å²) in [5, 5.41) is 0. The molecule has 0 saturated carbocycles. The van der Waals surface area contributed by atoms with Gasteiger partial charge in [0.05, 0.1) is 0 Å². The Morgan fingerprint density at radius 3 is 2.62 bits per heavy atom. The Balaban J connectivity index is 1.90. The Hall–Kier alpha value is -2.40. The van der Waals surface area contributed by atoms with Crippen LogP contribution in [0.3, 0.4) is 0 Å². The maximum absolute atomic E-state index is 12.8. The lowest BCUT2D eigenvalue weighted by Gasteiger charge is -2.37. The molecule has 0 radical (unpaired) electrons. The van der Waals surface area contributed by atoms with E-state index in [1.54, 1.807) is 11.1 Å². The fraction of sp³-hybridized carbons (Fsp3) is 0.500. The third-order valence-electron chi connectivity index (χ3n) is 5.20. The fourth-order valence-corrected chi connectivity index (χ4v) is 3.93. The number of anilines is 1. The number of carbonyl (C=O) groups is 1. The van der Waals surface area contributed by atoms with Crippen molar-refractivity contribution >= 4 is 11.9 Å². The molecule has 2 heterocycles. The maximum Gasteiger partial charge on any atom is 0.415 e. The van der Waals surface area contributed by atoms with E-state index >= 15 is 0 Å². The first-order chi connectivity index (χ1) is 13.9. The summed E-state index contributed by atoms with van der Waals surface area (Å²) in [4.78, 5) is 21.6. The lowest BCUT2D eigenvalue weighted by molar-refractivity contribution is 0.0579. The van der Waals surface area contributed by atoms with Crippen molar-refractivity contribution < 1.29 is 9.53 Å². The summed E-state index contributed by atoms with van der Waals surface area (Å²) in [6, 6.07) is 14.9. The van der Waals surface area contributed by atoms with E-state index in [1.807, 2.05) is 33.8 Å². The van der Waals surface area contributed by atoms with Crippen LogP contribution in [-0.2, 0) is 11.3 Å². The molecule has 1 aromatic carbocycles. The Morgan fingerprint density at radius 2 is 1.93 bits per heavy atom. The predicted molar refractivity (Wildman–Crippen MR) is 117 cm³/mol. The molecule has 1 atom stereocenters. The van der Waals surface area contributed by atoms with Crippen LogP contribution in [0.1, 0.15) is 64.1 Å². The van der Waals surface area contributed by atoms with Gasteiger partial charge in [0.2, 0.25) is 0 Å². The van der Waals surface area contributed by atoms with E-state index in [0.717, 1.165) is 25.1 Å². The van der Waals surface area contributed by atoms with Crippen LogP contribution in [0.5, 0.6) is 0 Å². The van der Waals surface area contributed by atoms with Gasteiger partial charge in [0.25, 0.3) is 0 Å². The van der Waals surface area contributed by atoms with Gasteiger partial charge in [-0.25, -0.2) is 9.78 Å². The SMILES string of the molecule is CCN(C(=O)OC(C)(C)C)c1ncccc1[C@@H]1CCCCN1Cc1ccccc1. The number of ether oxygens (including phenoxy) is 1. The highest BCUT2D eigenvalue weighted by Gasteiger charge is 2.30. The number of likely N-dealkylation sites (tertiary alicyclic amines) is 1. The minimum absolute atomic E-state index is 0.240. The minimum atomic E-state index is -0.538. The Morgan fingerprint density at radius 1 is 1.17 bits per heavy atom.